The maximum Gasteiger partial charge on any atom is 0.358 e. The van der Waals surface area contributed by atoms with E-state index in [0.29, 0.717) is 0 Å². The van der Waals surface area contributed by atoms with E-state index in [4.69, 9.17) is 14.7 Å². The first-order valence-corrected chi connectivity index (χ1v) is 3.96. The van der Waals surface area contributed by atoms with Crippen LogP contribution in [0.5, 0.6) is 0 Å². The first-order valence-electron chi connectivity index (χ1n) is 3.96. The third-order valence-corrected chi connectivity index (χ3v) is 1.93. The Morgan fingerprint density at radius 3 is 2.53 bits per heavy atom. The Hall–Kier alpha value is -2.37. The lowest BCUT2D eigenvalue weighted by atomic mass is 10.1. The van der Waals surface area contributed by atoms with E-state index in [-0.39, 0.29) is 22.2 Å². The van der Waals surface area contributed by atoms with Crippen LogP contribution in [0.2, 0.25) is 0 Å². The van der Waals surface area contributed by atoms with Crippen molar-refractivity contribution in [1.29, 1.82) is 0 Å². The molecule has 6 nitrogen and oxygen atoms in total. The predicted molar refractivity (Wildman–Crippen MR) is 47.9 cm³/mol. The van der Waals surface area contributed by atoms with Gasteiger partial charge in [-0.25, -0.2) is 9.59 Å². The van der Waals surface area contributed by atoms with Crippen molar-refractivity contribution < 1.29 is 24.3 Å². The van der Waals surface area contributed by atoms with E-state index in [0.717, 1.165) is 0 Å². The van der Waals surface area contributed by atoms with Crippen LogP contribution in [0.15, 0.2) is 22.7 Å². The minimum absolute atomic E-state index is 0.0116. The van der Waals surface area contributed by atoms with E-state index in [1.165, 1.54) is 18.2 Å². The predicted octanol–water partition coefficient (Wildman–Crippen LogP) is 1.22. The summed E-state index contributed by atoms with van der Waals surface area (Å²) in [4.78, 5) is 21.6. The molecular weight excluding hydrogens is 202 g/mol. The molecule has 0 aliphatic heterocycles. The second kappa shape index (κ2) is 3.09. The zero-order chi connectivity index (χ0) is 11.0. The molecule has 15 heavy (non-hydrogen) atoms. The molecule has 0 bridgehead atoms. The van der Waals surface area contributed by atoms with Crippen molar-refractivity contribution in [2.75, 3.05) is 0 Å². The Labute approximate surface area is 82.7 Å². The lowest BCUT2D eigenvalue weighted by molar-refractivity contribution is 0.0686. The number of aromatic carboxylic acids is 2. The smallest absolute Gasteiger partial charge is 0.358 e. The third kappa shape index (κ3) is 1.32. The second-order valence-electron chi connectivity index (χ2n) is 2.82. The summed E-state index contributed by atoms with van der Waals surface area (Å²) in [6, 6.07) is 4.22. The van der Waals surface area contributed by atoms with E-state index >= 15 is 0 Å². The molecule has 0 atom stereocenters. The number of benzene rings is 1. The molecule has 6 heteroatoms. The Morgan fingerprint density at radius 2 is 1.93 bits per heavy atom. The SMILES string of the molecule is O=C(O)c1cccc2onc(C(=O)O)c12. The van der Waals surface area contributed by atoms with E-state index in [1.807, 2.05) is 0 Å². The number of hydrogen-bond acceptors (Lipinski definition) is 4. The zero-order valence-corrected chi connectivity index (χ0v) is 7.30. The van der Waals surface area contributed by atoms with Gasteiger partial charge in [0.15, 0.2) is 11.3 Å². The number of carbonyl (C=O) groups is 2. The summed E-state index contributed by atoms with van der Waals surface area (Å²) in [6.07, 6.45) is 0. The molecule has 1 heterocycles. The number of carboxylic acids is 2. The van der Waals surface area contributed by atoms with Crippen molar-refractivity contribution in [2.45, 2.75) is 0 Å². The average Bonchev–Trinajstić information content (AvgIpc) is 2.60. The Morgan fingerprint density at radius 1 is 1.20 bits per heavy atom. The lowest BCUT2D eigenvalue weighted by Gasteiger charge is -1.95. The number of carboxylic acid groups (broad SMARTS) is 2. The number of aromatic nitrogens is 1. The highest BCUT2D eigenvalue weighted by Crippen LogP contribution is 2.22. The summed E-state index contributed by atoms with van der Waals surface area (Å²) in [6.45, 7) is 0. The fourth-order valence-electron chi connectivity index (χ4n) is 1.32. The van der Waals surface area contributed by atoms with Gasteiger partial charge in [-0.15, -0.1) is 0 Å². The summed E-state index contributed by atoms with van der Waals surface area (Å²) >= 11 is 0. The van der Waals surface area contributed by atoms with Crippen molar-refractivity contribution in [3.05, 3.63) is 29.5 Å². The van der Waals surface area contributed by atoms with Gasteiger partial charge >= 0.3 is 11.9 Å². The van der Waals surface area contributed by atoms with Crippen LogP contribution in [-0.4, -0.2) is 27.3 Å². The molecule has 0 saturated heterocycles. The minimum Gasteiger partial charge on any atom is -0.478 e. The van der Waals surface area contributed by atoms with Crippen molar-refractivity contribution in [3.8, 4) is 0 Å². The van der Waals surface area contributed by atoms with Gasteiger partial charge in [-0.2, -0.15) is 0 Å². The van der Waals surface area contributed by atoms with E-state index < -0.39 is 11.9 Å². The fraction of sp³-hybridized carbons (Fsp3) is 0. The number of fused-ring (bicyclic) bond motifs is 1. The molecule has 1 aromatic heterocycles. The van der Waals surface area contributed by atoms with Gasteiger partial charge in [-0.3, -0.25) is 0 Å². The van der Waals surface area contributed by atoms with Crippen LogP contribution in [0.25, 0.3) is 11.0 Å². The lowest BCUT2D eigenvalue weighted by Crippen LogP contribution is -2.02. The third-order valence-electron chi connectivity index (χ3n) is 1.93. The molecule has 76 valence electrons. The van der Waals surface area contributed by atoms with Crippen LogP contribution < -0.4 is 0 Å². The van der Waals surface area contributed by atoms with Gasteiger partial charge in [0.1, 0.15) is 0 Å². The van der Waals surface area contributed by atoms with Crippen LogP contribution in [0.1, 0.15) is 20.8 Å². The fourth-order valence-corrected chi connectivity index (χ4v) is 1.32. The van der Waals surface area contributed by atoms with Crippen LogP contribution in [0, 0.1) is 0 Å². The Balaban J connectivity index is 2.86. The molecule has 2 aromatic rings. The normalized spacial score (nSPS) is 10.4. The monoisotopic (exact) mass is 207 g/mol. The topological polar surface area (TPSA) is 101 Å². The molecule has 0 aliphatic carbocycles. The molecule has 0 fully saturated rings. The highest BCUT2D eigenvalue weighted by atomic mass is 16.5. The van der Waals surface area contributed by atoms with Crippen molar-refractivity contribution >= 4 is 22.9 Å². The van der Waals surface area contributed by atoms with Crippen molar-refractivity contribution in [2.24, 2.45) is 0 Å². The van der Waals surface area contributed by atoms with Gasteiger partial charge in [0.25, 0.3) is 0 Å². The van der Waals surface area contributed by atoms with Crippen molar-refractivity contribution in [1.82, 2.24) is 5.16 Å². The molecule has 1 aromatic carbocycles. The van der Waals surface area contributed by atoms with E-state index in [1.54, 1.807) is 0 Å². The van der Waals surface area contributed by atoms with Gasteiger partial charge in [0.2, 0.25) is 0 Å². The zero-order valence-electron chi connectivity index (χ0n) is 7.30. The standard InChI is InChI=1S/C9H5NO5/c11-8(12)4-2-1-3-5-6(4)7(9(13)14)10-15-5/h1-3H,(H,11,12)(H,13,14). The van der Waals surface area contributed by atoms with Crippen LogP contribution in [-0.2, 0) is 0 Å². The summed E-state index contributed by atoms with van der Waals surface area (Å²) in [5.74, 6) is -2.53. The Kier molecular flexibility index (Phi) is 1.89. The number of rotatable bonds is 2. The minimum atomic E-state index is -1.32. The first kappa shape index (κ1) is 9.20. The van der Waals surface area contributed by atoms with Gasteiger partial charge in [-0.1, -0.05) is 11.2 Å². The van der Waals surface area contributed by atoms with Crippen LogP contribution in [0.3, 0.4) is 0 Å². The van der Waals surface area contributed by atoms with Crippen LogP contribution in [0.4, 0.5) is 0 Å². The molecule has 0 spiro atoms. The molecular formula is C9H5NO5. The highest BCUT2D eigenvalue weighted by molar-refractivity contribution is 6.10. The van der Waals surface area contributed by atoms with Gasteiger partial charge in [-0.05, 0) is 12.1 Å². The molecule has 0 radical (unpaired) electrons. The summed E-state index contributed by atoms with van der Waals surface area (Å²) in [5, 5.41) is 20.9. The average molecular weight is 207 g/mol. The van der Waals surface area contributed by atoms with Gasteiger partial charge < -0.3 is 14.7 Å². The first-order chi connectivity index (χ1) is 7.11. The maximum absolute atomic E-state index is 10.8. The molecule has 2 rings (SSSR count). The number of nitrogens with zero attached hydrogens (tertiary/aromatic N) is 1. The molecule has 0 unspecified atom stereocenters. The molecule has 0 amide bonds. The molecule has 2 N–H and O–H groups in total. The maximum atomic E-state index is 10.8. The van der Waals surface area contributed by atoms with E-state index in [9.17, 15) is 9.59 Å². The van der Waals surface area contributed by atoms with Crippen molar-refractivity contribution in [3.63, 3.8) is 0 Å². The molecule has 0 saturated carbocycles. The van der Waals surface area contributed by atoms with Gasteiger partial charge in [0, 0.05) is 0 Å². The highest BCUT2D eigenvalue weighted by Gasteiger charge is 2.20. The summed E-state index contributed by atoms with van der Waals surface area (Å²) < 4.78 is 4.71. The second-order valence-corrected chi connectivity index (χ2v) is 2.82. The Bertz CT molecular complexity index is 557. The van der Waals surface area contributed by atoms with Gasteiger partial charge in [0.05, 0.1) is 10.9 Å². The van der Waals surface area contributed by atoms with E-state index in [2.05, 4.69) is 5.16 Å². The number of hydrogen-bond donors (Lipinski definition) is 2. The van der Waals surface area contributed by atoms with Crippen LogP contribution >= 0.6 is 0 Å². The molecule has 0 aliphatic rings. The quantitative estimate of drug-likeness (QED) is 0.767. The largest absolute Gasteiger partial charge is 0.478 e. The summed E-state index contributed by atoms with van der Waals surface area (Å²) in [7, 11) is 0. The summed E-state index contributed by atoms with van der Waals surface area (Å²) in [5.41, 5.74) is -0.374.